The molecule has 0 aromatic carbocycles. The Balaban J connectivity index is 1.18. The molecule has 3 fully saturated rings. The molecule has 6 nitrogen and oxygen atoms in total. The fraction of sp³-hybridized carbons (Fsp3) is 0.684. The second-order valence-corrected chi connectivity index (χ2v) is 7.84. The van der Waals surface area contributed by atoms with E-state index in [1.807, 2.05) is 13.0 Å². The first-order chi connectivity index (χ1) is 12.2. The van der Waals surface area contributed by atoms with Crippen molar-refractivity contribution >= 4 is 0 Å². The Morgan fingerprint density at radius 3 is 2.88 bits per heavy atom. The van der Waals surface area contributed by atoms with Gasteiger partial charge in [0.25, 0.3) is 0 Å². The van der Waals surface area contributed by atoms with Crippen molar-refractivity contribution in [3.05, 3.63) is 35.4 Å². The van der Waals surface area contributed by atoms with Crippen LogP contribution in [0.15, 0.2) is 21.0 Å². The fourth-order valence-corrected chi connectivity index (χ4v) is 4.32. The third-order valence-corrected chi connectivity index (χ3v) is 5.84. The average molecular weight is 343 g/mol. The highest BCUT2D eigenvalue weighted by Gasteiger charge is 2.41. The summed E-state index contributed by atoms with van der Waals surface area (Å²) in [6.45, 7) is 5.91. The molecular weight excluding hydrogens is 318 g/mol. The number of aryl methyl sites for hydroxylation is 1. The van der Waals surface area contributed by atoms with Crippen LogP contribution in [0.1, 0.15) is 48.5 Å². The van der Waals surface area contributed by atoms with Crippen molar-refractivity contribution in [2.45, 2.75) is 51.2 Å². The monoisotopic (exact) mass is 343 g/mol. The molecule has 2 aromatic rings. The minimum atomic E-state index is 0.227. The van der Waals surface area contributed by atoms with Crippen molar-refractivity contribution in [1.82, 2.24) is 15.1 Å². The summed E-state index contributed by atoms with van der Waals surface area (Å²) in [5, 5.41) is 8.43. The van der Waals surface area contributed by atoms with Gasteiger partial charge < -0.3 is 13.6 Å². The van der Waals surface area contributed by atoms with Crippen LogP contribution in [0.3, 0.4) is 0 Å². The van der Waals surface area contributed by atoms with Gasteiger partial charge in [-0.2, -0.15) is 0 Å². The molecule has 3 aliphatic rings. The normalized spacial score (nSPS) is 29.9. The van der Waals surface area contributed by atoms with Crippen LogP contribution in [0.5, 0.6) is 0 Å². The van der Waals surface area contributed by atoms with E-state index in [-0.39, 0.29) is 6.10 Å². The summed E-state index contributed by atoms with van der Waals surface area (Å²) in [6, 6.07) is 4.12. The molecular formula is C19H25N3O3. The zero-order valence-electron chi connectivity index (χ0n) is 14.7. The van der Waals surface area contributed by atoms with E-state index in [2.05, 4.69) is 21.2 Å². The molecule has 0 spiro atoms. The molecule has 2 saturated heterocycles. The lowest BCUT2D eigenvalue weighted by molar-refractivity contribution is 0.0787. The first kappa shape index (κ1) is 15.6. The van der Waals surface area contributed by atoms with Crippen LogP contribution in [0, 0.1) is 18.8 Å². The second-order valence-electron chi connectivity index (χ2n) is 7.84. The van der Waals surface area contributed by atoms with Crippen molar-refractivity contribution < 1.29 is 13.6 Å². The average Bonchev–Trinajstić information content (AvgIpc) is 3.02. The van der Waals surface area contributed by atoms with Crippen molar-refractivity contribution in [3.8, 4) is 0 Å². The van der Waals surface area contributed by atoms with Crippen molar-refractivity contribution in [2.24, 2.45) is 11.8 Å². The highest BCUT2D eigenvalue weighted by molar-refractivity contribution is 5.06. The van der Waals surface area contributed by atoms with E-state index in [4.69, 9.17) is 13.6 Å². The Hall–Kier alpha value is -1.66. The lowest BCUT2D eigenvalue weighted by Crippen LogP contribution is -2.41. The van der Waals surface area contributed by atoms with Gasteiger partial charge in [-0.25, -0.2) is 0 Å². The summed E-state index contributed by atoms with van der Waals surface area (Å²) in [6.07, 6.45) is 4.54. The number of likely N-dealkylation sites (tertiary alicyclic amines) is 1. The molecule has 0 unspecified atom stereocenters. The Bertz CT molecular complexity index is 736. The SMILES string of the molecule is Cc1ccc(CN2CC[C@@H]3[C@@H](CO[C@H]3Cc3nnc(C4CC4)o3)C2)o1. The molecule has 25 heavy (non-hydrogen) atoms. The van der Waals surface area contributed by atoms with Crippen LogP contribution < -0.4 is 0 Å². The van der Waals surface area contributed by atoms with Crippen LogP contribution in [0.4, 0.5) is 0 Å². The number of rotatable bonds is 5. The highest BCUT2D eigenvalue weighted by atomic mass is 16.5. The summed E-state index contributed by atoms with van der Waals surface area (Å²) in [5.41, 5.74) is 0. The van der Waals surface area contributed by atoms with E-state index < -0.39 is 0 Å². The Kier molecular flexibility index (Phi) is 3.90. The van der Waals surface area contributed by atoms with Crippen molar-refractivity contribution in [3.63, 3.8) is 0 Å². The van der Waals surface area contributed by atoms with E-state index in [1.165, 1.54) is 19.3 Å². The number of aromatic nitrogens is 2. The van der Waals surface area contributed by atoms with Gasteiger partial charge >= 0.3 is 0 Å². The summed E-state index contributed by atoms with van der Waals surface area (Å²) in [7, 11) is 0. The highest BCUT2D eigenvalue weighted by Crippen LogP contribution is 2.40. The van der Waals surface area contributed by atoms with Crippen LogP contribution >= 0.6 is 0 Å². The van der Waals surface area contributed by atoms with E-state index >= 15 is 0 Å². The lowest BCUT2D eigenvalue weighted by Gasteiger charge is -2.35. The zero-order chi connectivity index (χ0) is 16.8. The molecule has 2 aromatic heterocycles. The molecule has 5 rings (SSSR count). The maximum atomic E-state index is 6.11. The number of ether oxygens (including phenoxy) is 1. The predicted molar refractivity (Wildman–Crippen MR) is 90.0 cm³/mol. The van der Waals surface area contributed by atoms with Crippen LogP contribution in [0.2, 0.25) is 0 Å². The van der Waals surface area contributed by atoms with E-state index in [1.54, 1.807) is 0 Å². The van der Waals surface area contributed by atoms with Crippen molar-refractivity contribution in [1.29, 1.82) is 0 Å². The van der Waals surface area contributed by atoms with Gasteiger partial charge in [0.05, 0.1) is 25.7 Å². The maximum absolute atomic E-state index is 6.11. The van der Waals surface area contributed by atoms with E-state index in [0.717, 1.165) is 56.0 Å². The van der Waals surface area contributed by atoms with Gasteiger partial charge in [0, 0.05) is 18.4 Å². The fourth-order valence-electron chi connectivity index (χ4n) is 4.32. The molecule has 6 heteroatoms. The Labute approximate surface area is 147 Å². The van der Waals surface area contributed by atoms with Gasteiger partial charge in [0.15, 0.2) is 0 Å². The van der Waals surface area contributed by atoms with E-state index in [9.17, 15) is 0 Å². The molecule has 0 radical (unpaired) electrons. The number of nitrogens with zero attached hydrogens (tertiary/aromatic N) is 3. The van der Waals surface area contributed by atoms with Gasteiger partial charge in [0.2, 0.25) is 11.8 Å². The molecule has 0 bridgehead atoms. The quantitative estimate of drug-likeness (QED) is 0.832. The molecule has 3 atom stereocenters. The lowest BCUT2D eigenvalue weighted by atomic mass is 9.83. The topological polar surface area (TPSA) is 64.5 Å². The van der Waals surface area contributed by atoms with Crippen LogP contribution in [-0.4, -0.2) is 40.9 Å². The number of piperidine rings is 1. The maximum Gasteiger partial charge on any atom is 0.219 e. The third kappa shape index (κ3) is 3.25. The number of fused-ring (bicyclic) bond motifs is 1. The molecule has 4 heterocycles. The number of furan rings is 1. The zero-order valence-corrected chi connectivity index (χ0v) is 14.7. The largest absolute Gasteiger partial charge is 0.465 e. The summed E-state index contributed by atoms with van der Waals surface area (Å²) >= 11 is 0. The summed E-state index contributed by atoms with van der Waals surface area (Å²) in [4.78, 5) is 2.49. The minimum absolute atomic E-state index is 0.227. The first-order valence-corrected chi connectivity index (χ1v) is 9.46. The van der Waals surface area contributed by atoms with Gasteiger partial charge in [-0.05, 0) is 50.8 Å². The third-order valence-electron chi connectivity index (χ3n) is 5.84. The van der Waals surface area contributed by atoms with Gasteiger partial charge in [-0.3, -0.25) is 4.90 Å². The molecule has 0 amide bonds. The summed E-state index contributed by atoms with van der Waals surface area (Å²) < 4.78 is 17.7. The standard InChI is InChI=1S/C19H25N3O3/c1-12-2-5-15(24-12)10-22-7-6-16-14(9-22)11-23-17(16)8-18-20-21-19(25-18)13-3-4-13/h2,5,13-14,16-17H,3-4,6-11H2,1H3/t14-,16-,17+/m1/s1. The molecule has 134 valence electrons. The minimum Gasteiger partial charge on any atom is -0.465 e. The van der Waals surface area contributed by atoms with Gasteiger partial charge in [0.1, 0.15) is 11.5 Å². The Morgan fingerprint density at radius 1 is 1.16 bits per heavy atom. The van der Waals surface area contributed by atoms with Gasteiger partial charge in [-0.1, -0.05) is 0 Å². The summed E-state index contributed by atoms with van der Waals surface area (Å²) in [5.74, 6) is 5.34. The van der Waals surface area contributed by atoms with Crippen molar-refractivity contribution in [2.75, 3.05) is 19.7 Å². The smallest absolute Gasteiger partial charge is 0.219 e. The molecule has 1 saturated carbocycles. The Morgan fingerprint density at radius 2 is 2.08 bits per heavy atom. The van der Waals surface area contributed by atoms with Crippen LogP contribution in [0.25, 0.3) is 0 Å². The predicted octanol–water partition coefficient (Wildman–Crippen LogP) is 2.93. The molecule has 0 N–H and O–H groups in total. The first-order valence-electron chi connectivity index (χ1n) is 9.46. The molecule has 1 aliphatic carbocycles. The van der Waals surface area contributed by atoms with Gasteiger partial charge in [-0.15, -0.1) is 10.2 Å². The number of hydrogen-bond donors (Lipinski definition) is 0. The molecule has 2 aliphatic heterocycles. The second kappa shape index (κ2) is 6.25. The number of hydrogen-bond acceptors (Lipinski definition) is 6. The van der Waals surface area contributed by atoms with E-state index in [0.29, 0.717) is 17.8 Å². The van der Waals surface area contributed by atoms with Crippen LogP contribution in [-0.2, 0) is 17.7 Å².